The first-order valence-corrected chi connectivity index (χ1v) is 5.27. The minimum absolute atomic E-state index is 0.199. The van der Waals surface area contributed by atoms with Crippen LogP contribution in [0.25, 0.3) is 0 Å². The number of halogens is 2. The number of hydrogen-bond acceptors (Lipinski definition) is 2. The maximum Gasteiger partial charge on any atom is 0.199 e. The summed E-state index contributed by atoms with van der Waals surface area (Å²) in [5.74, 6) is -2.47. The van der Waals surface area contributed by atoms with Gasteiger partial charge in [0.1, 0.15) is 5.75 Å². The van der Waals surface area contributed by atoms with Gasteiger partial charge < -0.3 is 4.74 Å². The summed E-state index contributed by atoms with van der Waals surface area (Å²) in [6.07, 6.45) is 0. The average molecular weight is 248 g/mol. The van der Waals surface area contributed by atoms with Crippen LogP contribution in [-0.2, 0) is 0 Å². The van der Waals surface area contributed by atoms with E-state index in [1.807, 2.05) is 0 Å². The van der Waals surface area contributed by atoms with Gasteiger partial charge in [0.2, 0.25) is 0 Å². The number of ketones is 1. The quantitative estimate of drug-likeness (QED) is 0.780. The fourth-order valence-electron chi connectivity index (χ4n) is 1.66. The second-order valence-electron chi connectivity index (χ2n) is 3.63. The lowest BCUT2D eigenvalue weighted by Gasteiger charge is -2.08. The van der Waals surface area contributed by atoms with Gasteiger partial charge in [-0.25, -0.2) is 8.78 Å². The molecule has 2 nitrogen and oxygen atoms in total. The third-order valence-electron chi connectivity index (χ3n) is 2.55. The van der Waals surface area contributed by atoms with E-state index in [-0.39, 0.29) is 11.1 Å². The zero-order valence-corrected chi connectivity index (χ0v) is 9.61. The van der Waals surface area contributed by atoms with Crippen LogP contribution in [0.15, 0.2) is 42.5 Å². The number of ether oxygens (including phenoxy) is 1. The standard InChI is InChI=1S/C14H10F2O2/c1-18-12-8-3-2-5-9(12)14(17)10-6-4-7-11(15)13(10)16/h2-8H,1H3. The van der Waals surface area contributed by atoms with Gasteiger partial charge in [-0.05, 0) is 24.3 Å². The van der Waals surface area contributed by atoms with Crippen molar-refractivity contribution in [2.75, 3.05) is 7.11 Å². The van der Waals surface area contributed by atoms with Gasteiger partial charge in [-0.1, -0.05) is 18.2 Å². The molecule has 0 amide bonds. The van der Waals surface area contributed by atoms with E-state index in [1.54, 1.807) is 18.2 Å². The normalized spacial score (nSPS) is 10.2. The molecule has 0 saturated carbocycles. The van der Waals surface area contributed by atoms with E-state index in [0.29, 0.717) is 5.75 Å². The summed E-state index contributed by atoms with van der Waals surface area (Å²) in [7, 11) is 1.41. The SMILES string of the molecule is COc1ccccc1C(=O)c1cccc(F)c1F. The Morgan fingerprint density at radius 3 is 2.39 bits per heavy atom. The Kier molecular flexibility index (Phi) is 3.37. The minimum Gasteiger partial charge on any atom is -0.496 e. The number of benzene rings is 2. The molecule has 0 bridgehead atoms. The van der Waals surface area contributed by atoms with Crippen molar-refractivity contribution in [3.63, 3.8) is 0 Å². The fraction of sp³-hybridized carbons (Fsp3) is 0.0714. The molecular formula is C14H10F2O2. The van der Waals surface area contributed by atoms with Crippen molar-refractivity contribution in [3.8, 4) is 5.75 Å². The van der Waals surface area contributed by atoms with E-state index in [0.717, 1.165) is 6.07 Å². The second kappa shape index (κ2) is 4.96. The van der Waals surface area contributed by atoms with Gasteiger partial charge in [0.25, 0.3) is 0 Å². The van der Waals surface area contributed by atoms with Crippen LogP contribution in [0.5, 0.6) is 5.75 Å². The Bertz CT molecular complexity index is 594. The third kappa shape index (κ3) is 2.09. The highest BCUT2D eigenvalue weighted by molar-refractivity contribution is 6.10. The van der Waals surface area contributed by atoms with Gasteiger partial charge in [-0.15, -0.1) is 0 Å². The summed E-state index contributed by atoms with van der Waals surface area (Å²) < 4.78 is 31.6. The molecule has 0 fully saturated rings. The Morgan fingerprint density at radius 1 is 1.00 bits per heavy atom. The van der Waals surface area contributed by atoms with Gasteiger partial charge in [0.15, 0.2) is 17.4 Å². The summed E-state index contributed by atoms with van der Waals surface area (Å²) in [5.41, 5.74) is -0.107. The van der Waals surface area contributed by atoms with Gasteiger partial charge in [0.05, 0.1) is 18.2 Å². The monoisotopic (exact) mass is 248 g/mol. The first-order chi connectivity index (χ1) is 8.65. The zero-order chi connectivity index (χ0) is 13.1. The Balaban J connectivity index is 2.52. The molecule has 0 N–H and O–H groups in total. The van der Waals surface area contributed by atoms with Crippen molar-refractivity contribution in [3.05, 3.63) is 65.2 Å². The van der Waals surface area contributed by atoms with Crippen LogP contribution in [0, 0.1) is 11.6 Å². The van der Waals surface area contributed by atoms with E-state index in [1.165, 1.54) is 25.3 Å². The molecule has 0 aliphatic rings. The van der Waals surface area contributed by atoms with Crippen molar-refractivity contribution in [2.24, 2.45) is 0 Å². The van der Waals surface area contributed by atoms with Gasteiger partial charge in [-0.3, -0.25) is 4.79 Å². The fourth-order valence-corrected chi connectivity index (χ4v) is 1.66. The summed E-state index contributed by atoms with van der Waals surface area (Å²) in [6, 6.07) is 9.92. The number of carbonyl (C=O) groups is 1. The van der Waals surface area contributed by atoms with Crippen LogP contribution >= 0.6 is 0 Å². The van der Waals surface area contributed by atoms with Crippen LogP contribution in [0.2, 0.25) is 0 Å². The van der Waals surface area contributed by atoms with Crippen LogP contribution < -0.4 is 4.74 Å². The van der Waals surface area contributed by atoms with Gasteiger partial charge in [-0.2, -0.15) is 0 Å². The lowest BCUT2D eigenvalue weighted by Crippen LogP contribution is -2.07. The molecule has 18 heavy (non-hydrogen) atoms. The molecule has 0 aromatic heterocycles. The Hall–Kier alpha value is -2.23. The molecule has 0 heterocycles. The van der Waals surface area contributed by atoms with E-state index >= 15 is 0 Å². The topological polar surface area (TPSA) is 26.3 Å². The van der Waals surface area contributed by atoms with Crippen LogP contribution in [0.1, 0.15) is 15.9 Å². The minimum atomic E-state index is -1.14. The molecule has 0 saturated heterocycles. The molecule has 92 valence electrons. The average Bonchev–Trinajstić information content (AvgIpc) is 2.41. The maximum absolute atomic E-state index is 13.5. The van der Waals surface area contributed by atoms with E-state index in [9.17, 15) is 13.6 Å². The first kappa shape index (κ1) is 12.2. The Morgan fingerprint density at radius 2 is 1.67 bits per heavy atom. The highest BCUT2D eigenvalue weighted by Crippen LogP contribution is 2.23. The molecule has 0 atom stereocenters. The summed E-state index contributed by atoms with van der Waals surface area (Å²) in [6.45, 7) is 0. The molecule has 0 aliphatic heterocycles. The van der Waals surface area contributed by atoms with Crippen molar-refractivity contribution in [1.29, 1.82) is 0 Å². The van der Waals surface area contributed by atoms with E-state index in [2.05, 4.69) is 0 Å². The van der Waals surface area contributed by atoms with Gasteiger partial charge >= 0.3 is 0 Å². The highest BCUT2D eigenvalue weighted by atomic mass is 19.2. The summed E-state index contributed by atoms with van der Waals surface area (Å²) in [4.78, 5) is 12.1. The van der Waals surface area contributed by atoms with Crippen molar-refractivity contribution in [1.82, 2.24) is 0 Å². The first-order valence-electron chi connectivity index (χ1n) is 5.27. The lowest BCUT2D eigenvalue weighted by atomic mass is 10.0. The molecule has 2 aromatic carbocycles. The number of hydrogen-bond donors (Lipinski definition) is 0. The van der Waals surface area contributed by atoms with Crippen LogP contribution in [-0.4, -0.2) is 12.9 Å². The largest absolute Gasteiger partial charge is 0.496 e. The number of para-hydroxylation sites is 1. The lowest BCUT2D eigenvalue weighted by molar-refractivity contribution is 0.103. The van der Waals surface area contributed by atoms with Crippen LogP contribution in [0.3, 0.4) is 0 Å². The number of methoxy groups -OCH3 is 1. The van der Waals surface area contributed by atoms with Crippen LogP contribution in [0.4, 0.5) is 8.78 Å². The Labute approximate surface area is 103 Å². The molecule has 4 heteroatoms. The van der Waals surface area contributed by atoms with Crippen molar-refractivity contribution >= 4 is 5.78 Å². The molecule has 0 spiro atoms. The van der Waals surface area contributed by atoms with E-state index < -0.39 is 17.4 Å². The summed E-state index contributed by atoms with van der Waals surface area (Å²) >= 11 is 0. The highest BCUT2D eigenvalue weighted by Gasteiger charge is 2.19. The smallest absolute Gasteiger partial charge is 0.199 e. The molecule has 0 radical (unpaired) electrons. The molecule has 0 unspecified atom stereocenters. The predicted molar refractivity (Wildman–Crippen MR) is 62.8 cm³/mol. The molecule has 0 aliphatic carbocycles. The predicted octanol–water partition coefficient (Wildman–Crippen LogP) is 3.20. The van der Waals surface area contributed by atoms with E-state index in [4.69, 9.17) is 4.74 Å². The summed E-state index contributed by atoms with van der Waals surface area (Å²) in [5, 5.41) is 0. The van der Waals surface area contributed by atoms with Gasteiger partial charge in [0, 0.05) is 0 Å². The zero-order valence-electron chi connectivity index (χ0n) is 9.61. The molecule has 2 aromatic rings. The maximum atomic E-state index is 13.5. The number of carbonyl (C=O) groups excluding carboxylic acids is 1. The third-order valence-corrected chi connectivity index (χ3v) is 2.55. The second-order valence-corrected chi connectivity index (χ2v) is 3.63. The van der Waals surface area contributed by atoms with Crippen molar-refractivity contribution in [2.45, 2.75) is 0 Å². The number of rotatable bonds is 3. The van der Waals surface area contributed by atoms with Crippen molar-refractivity contribution < 1.29 is 18.3 Å². The molecule has 2 rings (SSSR count). The molecular weight excluding hydrogens is 238 g/mol.